The molecule has 0 aliphatic heterocycles. The molecule has 0 radical (unpaired) electrons. The largest absolute Gasteiger partial charge is 0.323 e. The van der Waals surface area contributed by atoms with E-state index in [1.807, 2.05) is 24.3 Å². The maximum atomic E-state index is 11.6. The van der Waals surface area contributed by atoms with E-state index in [1.165, 1.54) is 0 Å². The first kappa shape index (κ1) is 12.5. The fourth-order valence-electron chi connectivity index (χ4n) is 1.47. The lowest BCUT2D eigenvalue weighted by Gasteiger charge is -2.09. The number of pyridine rings is 1. The van der Waals surface area contributed by atoms with Gasteiger partial charge in [-0.1, -0.05) is 28.1 Å². The Morgan fingerprint density at radius 1 is 1.47 bits per heavy atom. The number of anilines is 1. The zero-order valence-electron chi connectivity index (χ0n) is 9.08. The molecule has 1 aromatic carbocycles. The first-order valence-corrected chi connectivity index (χ1v) is 6.78. The van der Waals surface area contributed by atoms with Gasteiger partial charge in [0, 0.05) is 16.1 Å². The standard InChI is InChI=1S/C12H10Br2N2O/c1-7(13)12(17)16-10-4-2-3-8-5-9(14)6-15-11(8)10/h2-7H,1H3,(H,16,17). The van der Waals surface area contributed by atoms with Gasteiger partial charge in [0.1, 0.15) is 0 Å². The van der Waals surface area contributed by atoms with Gasteiger partial charge >= 0.3 is 0 Å². The highest BCUT2D eigenvalue weighted by Crippen LogP contribution is 2.24. The molecule has 0 spiro atoms. The lowest BCUT2D eigenvalue weighted by molar-refractivity contribution is -0.115. The molecule has 0 aliphatic carbocycles. The molecule has 0 fully saturated rings. The molecule has 0 aliphatic rings. The number of hydrogen-bond acceptors (Lipinski definition) is 2. The van der Waals surface area contributed by atoms with E-state index < -0.39 is 0 Å². The van der Waals surface area contributed by atoms with Gasteiger partial charge in [-0.2, -0.15) is 0 Å². The van der Waals surface area contributed by atoms with Crippen molar-refractivity contribution in [1.29, 1.82) is 0 Å². The van der Waals surface area contributed by atoms with Crippen LogP contribution in [0.4, 0.5) is 5.69 Å². The molecule has 2 aromatic rings. The molecule has 0 bridgehead atoms. The molecule has 1 atom stereocenters. The summed E-state index contributed by atoms with van der Waals surface area (Å²) in [6, 6.07) is 7.66. The Labute approximate surface area is 116 Å². The average molecular weight is 358 g/mol. The Morgan fingerprint density at radius 3 is 2.94 bits per heavy atom. The van der Waals surface area contributed by atoms with E-state index in [0.717, 1.165) is 21.1 Å². The van der Waals surface area contributed by atoms with Crippen molar-refractivity contribution in [3.8, 4) is 0 Å². The van der Waals surface area contributed by atoms with E-state index in [-0.39, 0.29) is 10.7 Å². The van der Waals surface area contributed by atoms with Gasteiger partial charge in [0.05, 0.1) is 16.0 Å². The van der Waals surface area contributed by atoms with Crippen molar-refractivity contribution in [2.45, 2.75) is 11.8 Å². The van der Waals surface area contributed by atoms with Crippen LogP contribution in [0.25, 0.3) is 10.9 Å². The number of amides is 1. The number of nitrogens with zero attached hydrogens (tertiary/aromatic N) is 1. The molecule has 88 valence electrons. The van der Waals surface area contributed by atoms with Gasteiger partial charge in [0.15, 0.2) is 0 Å². The summed E-state index contributed by atoms with van der Waals surface area (Å²) in [5.41, 5.74) is 1.52. The molecule has 2 rings (SSSR count). The van der Waals surface area contributed by atoms with Crippen LogP contribution >= 0.6 is 31.9 Å². The normalized spacial score (nSPS) is 12.4. The van der Waals surface area contributed by atoms with E-state index in [9.17, 15) is 4.79 Å². The lowest BCUT2D eigenvalue weighted by atomic mass is 10.2. The Kier molecular flexibility index (Phi) is 3.79. The fourth-order valence-corrected chi connectivity index (χ4v) is 1.93. The number of benzene rings is 1. The van der Waals surface area contributed by atoms with E-state index >= 15 is 0 Å². The van der Waals surface area contributed by atoms with Crippen molar-refractivity contribution in [3.05, 3.63) is 34.9 Å². The van der Waals surface area contributed by atoms with Gasteiger partial charge in [-0.15, -0.1) is 0 Å². The van der Waals surface area contributed by atoms with Crippen LogP contribution in [0, 0.1) is 0 Å². The highest BCUT2D eigenvalue weighted by atomic mass is 79.9. The topological polar surface area (TPSA) is 42.0 Å². The summed E-state index contributed by atoms with van der Waals surface area (Å²) < 4.78 is 0.919. The predicted octanol–water partition coefficient (Wildman–Crippen LogP) is 3.72. The molecule has 0 saturated heterocycles. The molecule has 1 unspecified atom stereocenters. The number of halogens is 2. The smallest absolute Gasteiger partial charge is 0.237 e. The van der Waals surface area contributed by atoms with Crippen LogP contribution in [-0.4, -0.2) is 15.7 Å². The zero-order chi connectivity index (χ0) is 12.4. The summed E-state index contributed by atoms with van der Waals surface area (Å²) in [5, 5.41) is 3.83. The Hall–Kier alpha value is -0.940. The zero-order valence-corrected chi connectivity index (χ0v) is 12.2. The first-order chi connectivity index (χ1) is 8.08. The third-order valence-corrected chi connectivity index (χ3v) is 3.15. The third kappa shape index (κ3) is 2.84. The Bertz CT molecular complexity index is 569. The first-order valence-electron chi connectivity index (χ1n) is 5.07. The third-order valence-electron chi connectivity index (χ3n) is 2.30. The molecule has 3 nitrogen and oxygen atoms in total. The second-order valence-electron chi connectivity index (χ2n) is 3.64. The highest BCUT2D eigenvalue weighted by Gasteiger charge is 2.11. The van der Waals surface area contributed by atoms with Crippen LogP contribution in [0.5, 0.6) is 0 Å². The van der Waals surface area contributed by atoms with Crippen molar-refractivity contribution in [3.63, 3.8) is 0 Å². The number of fused-ring (bicyclic) bond motifs is 1. The molecule has 1 heterocycles. The number of aromatic nitrogens is 1. The number of para-hydroxylation sites is 1. The molecule has 1 amide bonds. The molecule has 1 N–H and O–H groups in total. The van der Waals surface area contributed by atoms with E-state index in [4.69, 9.17) is 0 Å². The maximum Gasteiger partial charge on any atom is 0.237 e. The summed E-state index contributed by atoms with van der Waals surface area (Å²) in [6.07, 6.45) is 1.72. The number of carbonyl (C=O) groups excluding carboxylic acids is 1. The van der Waals surface area contributed by atoms with Crippen molar-refractivity contribution in [1.82, 2.24) is 4.98 Å². The van der Waals surface area contributed by atoms with Gasteiger partial charge in [-0.25, -0.2) is 0 Å². The van der Waals surface area contributed by atoms with Crippen molar-refractivity contribution in [2.75, 3.05) is 5.32 Å². The van der Waals surface area contributed by atoms with Gasteiger partial charge in [0.25, 0.3) is 0 Å². The van der Waals surface area contributed by atoms with Gasteiger partial charge in [-0.05, 0) is 35.0 Å². The monoisotopic (exact) mass is 356 g/mol. The van der Waals surface area contributed by atoms with E-state index in [2.05, 4.69) is 42.2 Å². The van der Waals surface area contributed by atoms with Crippen LogP contribution in [-0.2, 0) is 4.79 Å². The quantitative estimate of drug-likeness (QED) is 0.832. The van der Waals surface area contributed by atoms with Crippen LogP contribution < -0.4 is 5.32 Å². The van der Waals surface area contributed by atoms with E-state index in [1.54, 1.807) is 13.1 Å². The fraction of sp³-hybridized carbons (Fsp3) is 0.167. The summed E-state index contributed by atoms with van der Waals surface area (Å²) >= 11 is 6.61. The number of hydrogen-bond donors (Lipinski definition) is 1. The summed E-state index contributed by atoms with van der Waals surface area (Å²) in [6.45, 7) is 1.78. The number of nitrogens with one attached hydrogen (secondary N) is 1. The van der Waals surface area contributed by atoms with Crippen molar-refractivity contribution in [2.24, 2.45) is 0 Å². The summed E-state index contributed by atoms with van der Waals surface area (Å²) in [7, 11) is 0. The van der Waals surface area contributed by atoms with Gasteiger partial charge < -0.3 is 5.32 Å². The second kappa shape index (κ2) is 5.14. The predicted molar refractivity (Wildman–Crippen MR) is 76.5 cm³/mol. The van der Waals surface area contributed by atoms with Crippen LogP contribution in [0.3, 0.4) is 0 Å². The van der Waals surface area contributed by atoms with Crippen LogP contribution in [0.2, 0.25) is 0 Å². The number of rotatable bonds is 2. The molecule has 1 aromatic heterocycles. The summed E-state index contributed by atoms with van der Waals surface area (Å²) in [5.74, 6) is -0.0813. The molecular weight excluding hydrogens is 348 g/mol. The number of alkyl halides is 1. The number of carbonyl (C=O) groups is 1. The molecule has 17 heavy (non-hydrogen) atoms. The Balaban J connectivity index is 2.44. The second-order valence-corrected chi connectivity index (χ2v) is 5.93. The molecule has 0 saturated carbocycles. The minimum absolute atomic E-state index is 0.0813. The van der Waals surface area contributed by atoms with Gasteiger partial charge in [-0.3, -0.25) is 9.78 Å². The van der Waals surface area contributed by atoms with Crippen LogP contribution in [0.1, 0.15) is 6.92 Å². The van der Waals surface area contributed by atoms with Crippen LogP contribution in [0.15, 0.2) is 34.9 Å². The van der Waals surface area contributed by atoms with Crippen molar-refractivity contribution >= 4 is 54.4 Å². The Morgan fingerprint density at radius 2 is 2.24 bits per heavy atom. The average Bonchev–Trinajstić information content (AvgIpc) is 2.28. The minimum Gasteiger partial charge on any atom is -0.323 e. The molecular formula is C12H10Br2N2O. The minimum atomic E-state index is -0.229. The highest BCUT2D eigenvalue weighted by molar-refractivity contribution is 9.10. The molecule has 5 heteroatoms. The summed E-state index contributed by atoms with van der Waals surface area (Å²) in [4.78, 5) is 15.7. The SMILES string of the molecule is CC(Br)C(=O)Nc1cccc2cc(Br)cnc12. The van der Waals surface area contributed by atoms with Gasteiger partial charge in [0.2, 0.25) is 5.91 Å². The van der Waals surface area contributed by atoms with Crippen molar-refractivity contribution < 1.29 is 4.79 Å². The lowest BCUT2D eigenvalue weighted by Crippen LogP contribution is -2.20. The van der Waals surface area contributed by atoms with E-state index in [0.29, 0.717) is 0 Å². The maximum absolute atomic E-state index is 11.6.